The number of carbonyl (C=O) groups excluding carboxylic acids is 4. The molecule has 75 heavy (non-hydrogen) atoms. The Labute approximate surface area is 438 Å². The second kappa shape index (κ2) is 21.8. The number of nitrogens with zero attached hydrogens (tertiary/aromatic N) is 6. The normalized spacial score (nSPS) is 29.3. The number of hydrogen-bond donors (Lipinski definition) is 5. The zero-order valence-corrected chi connectivity index (χ0v) is 45.2. The van der Waals surface area contributed by atoms with E-state index in [9.17, 15) is 39.6 Å². The van der Waals surface area contributed by atoms with E-state index in [1.54, 1.807) is 63.8 Å². The molecule has 8 atom stereocenters. The molecule has 19 heteroatoms. The van der Waals surface area contributed by atoms with Gasteiger partial charge in [-0.3, -0.25) is 34.1 Å². The predicted molar refractivity (Wildman–Crippen MR) is 278 cm³/mol. The zero-order chi connectivity index (χ0) is 54.4. The molecule has 2 aromatic carbocycles. The summed E-state index contributed by atoms with van der Waals surface area (Å²) in [5.41, 5.74) is 1.22. The number of anilines is 1. The maximum atomic E-state index is 14.9. The molecular weight excluding hydrogens is 963 g/mol. The minimum absolute atomic E-state index is 0.0338. The molecule has 0 unspecified atom stereocenters. The molecular formula is C56H75N7O12. The number of likely N-dealkylation sites (tertiary alicyclic amines) is 1. The Bertz CT molecular complexity index is 2930. The van der Waals surface area contributed by atoms with Gasteiger partial charge in [-0.25, -0.2) is 0 Å². The Balaban J connectivity index is 1.10. The highest BCUT2D eigenvalue weighted by Crippen LogP contribution is 2.50. The number of Topliss-reactive ketones (excluding diaryl/α,β-unsaturated/α-hetero) is 1. The highest BCUT2D eigenvalue weighted by Gasteiger charge is 2.50. The number of allylic oxidation sites excluding steroid dienone is 3. The summed E-state index contributed by atoms with van der Waals surface area (Å²) in [5.74, 6) is -6.40. The van der Waals surface area contributed by atoms with Crippen LogP contribution in [0.2, 0.25) is 0 Å². The van der Waals surface area contributed by atoms with Gasteiger partial charge < -0.3 is 54.3 Å². The van der Waals surface area contributed by atoms with E-state index in [0.29, 0.717) is 64.6 Å². The Morgan fingerprint density at radius 1 is 0.893 bits per heavy atom. The van der Waals surface area contributed by atoms with Crippen LogP contribution in [0.1, 0.15) is 114 Å². The summed E-state index contributed by atoms with van der Waals surface area (Å²) in [7, 11) is 0. The van der Waals surface area contributed by atoms with E-state index in [1.807, 2.05) is 20.8 Å². The van der Waals surface area contributed by atoms with E-state index in [2.05, 4.69) is 34.1 Å². The Kier molecular flexibility index (Phi) is 16.0. The molecule has 1 aromatic heterocycles. The highest BCUT2D eigenvalue weighted by atomic mass is 16.7. The molecule has 6 aliphatic heterocycles. The van der Waals surface area contributed by atoms with E-state index < -0.39 is 83.3 Å². The molecule has 3 aromatic rings. The molecule has 5 bridgehead atoms. The Morgan fingerprint density at radius 3 is 2.23 bits per heavy atom. The number of esters is 1. The van der Waals surface area contributed by atoms with Crippen molar-refractivity contribution in [1.29, 1.82) is 0 Å². The van der Waals surface area contributed by atoms with Crippen LogP contribution in [0.3, 0.4) is 0 Å². The summed E-state index contributed by atoms with van der Waals surface area (Å²) >= 11 is 0. The first kappa shape index (κ1) is 55.1. The molecule has 1 spiro atoms. The highest BCUT2D eigenvalue weighted by molar-refractivity contribution is 6.19. The molecule has 0 aliphatic carbocycles. The number of aryl methyl sites for hydroxylation is 2. The maximum Gasteiger partial charge on any atom is 0.315 e. The monoisotopic (exact) mass is 1040 g/mol. The van der Waals surface area contributed by atoms with Gasteiger partial charge in [0.25, 0.3) is 11.7 Å². The lowest BCUT2D eigenvalue weighted by molar-refractivity contribution is -0.162. The minimum Gasteiger partial charge on any atom is -0.507 e. The van der Waals surface area contributed by atoms with Crippen molar-refractivity contribution >= 4 is 40.0 Å². The van der Waals surface area contributed by atoms with Gasteiger partial charge in [-0.15, -0.1) is 0 Å². The smallest absolute Gasteiger partial charge is 0.315 e. The minimum atomic E-state index is -1.96. The fourth-order valence-corrected chi connectivity index (χ4v) is 11.3. The molecule has 2 amide bonds. The number of piperidine rings is 1. The second-order valence-electron chi connectivity index (χ2n) is 22.2. The van der Waals surface area contributed by atoms with Crippen LogP contribution in [0, 0.1) is 50.4 Å². The van der Waals surface area contributed by atoms with Crippen molar-refractivity contribution in [3.8, 4) is 17.2 Å². The fraction of sp³-hybridized carbons (Fsp3) is 0.589. The number of piperazine rings is 1. The van der Waals surface area contributed by atoms with Gasteiger partial charge in [0.1, 0.15) is 40.8 Å². The second-order valence-corrected chi connectivity index (χ2v) is 22.2. The van der Waals surface area contributed by atoms with Crippen LogP contribution in [0.4, 0.5) is 5.69 Å². The SMILES string of the molecule is C/C1=C/C=C/[C@H](C)[C@H](O)[C@@H](C)[C@@H](O)[C@@H](C)[C@H](OC(=O)CC(=O)N2CCN(Cc3c(C)noc3C)CC2)[C@H](C)C/C=C/O[C@@]2(C)Oc3c(C)c(O)c4c(O)c(c5c(c4c3C2=O)=NC2(CCN(CC(C)C)CC2)N=5)NC1=O. The van der Waals surface area contributed by atoms with Crippen LogP contribution < -0.4 is 20.8 Å². The van der Waals surface area contributed by atoms with E-state index in [0.717, 1.165) is 23.6 Å². The first-order valence-electron chi connectivity index (χ1n) is 26.4. The lowest BCUT2D eigenvalue weighted by Crippen LogP contribution is -2.49. The fourth-order valence-electron chi connectivity index (χ4n) is 11.3. The molecule has 0 saturated carbocycles. The summed E-state index contributed by atoms with van der Waals surface area (Å²) < 4.78 is 24.0. The summed E-state index contributed by atoms with van der Waals surface area (Å²) in [6.45, 7) is 24.7. The largest absolute Gasteiger partial charge is 0.507 e. The Morgan fingerprint density at radius 2 is 1.57 bits per heavy atom. The number of rotatable bonds is 7. The molecule has 6 aliphatic rings. The van der Waals surface area contributed by atoms with Crippen molar-refractivity contribution < 1.29 is 58.3 Å². The number of ketones is 1. The number of aliphatic hydroxyl groups excluding tert-OH is 2. The first-order valence-corrected chi connectivity index (χ1v) is 26.4. The first-order chi connectivity index (χ1) is 35.4. The third kappa shape index (κ3) is 11.0. The van der Waals surface area contributed by atoms with Crippen LogP contribution >= 0.6 is 0 Å². The van der Waals surface area contributed by atoms with Crippen LogP contribution in [0.15, 0.2) is 50.6 Å². The van der Waals surface area contributed by atoms with Crippen LogP contribution in [-0.2, 0) is 30.4 Å². The number of aliphatic hydroxyl groups is 2. The number of ether oxygens (including phenoxy) is 3. The van der Waals surface area contributed by atoms with E-state index in [4.69, 9.17) is 28.7 Å². The predicted octanol–water partition coefficient (Wildman–Crippen LogP) is 5.44. The van der Waals surface area contributed by atoms with Crippen molar-refractivity contribution in [2.24, 2.45) is 39.6 Å². The van der Waals surface area contributed by atoms with Crippen LogP contribution in [0.25, 0.3) is 10.8 Å². The molecule has 2 fully saturated rings. The number of hydrogen-bond acceptors (Lipinski definition) is 17. The lowest BCUT2D eigenvalue weighted by atomic mass is 9.79. The number of phenolic OH excluding ortho intramolecular Hbond substituents is 2. The van der Waals surface area contributed by atoms with Gasteiger partial charge in [0.05, 0.1) is 40.5 Å². The van der Waals surface area contributed by atoms with Crippen molar-refractivity contribution in [1.82, 2.24) is 19.9 Å². The number of amides is 2. The van der Waals surface area contributed by atoms with Crippen molar-refractivity contribution in [3.05, 3.63) is 75.0 Å². The van der Waals surface area contributed by atoms with Gasteiger partial charge in [-0.05, 0) is 52.0 Å². The molecule has 406 valence electrons. The van der Waals surface area contributed by atoms with E-state index in [1.165, 1.54) is 13.2 Å². The van der Waals surface area contributed by atoms with Gasteiger partial charge in [0.2, 0.25) is 5.91 Å². The number of benzene rings is 2. The van der Waals surface area contributed by atoms with Crippen LogP contribution in [-0.4, -0.2) is 139 Å². The summed E-state index contributed by atoms with van der Waals surface area (Å²) in [6.07, 6.45) is 5.41. The van der Waals surface area contributed by atoms with Crippen molar-refractivity contribution in [3.63, 3.8) is 0 Å². The molecule has 9 rings (SSSR count). The summed E-state index contributed by atoms with van der Waals surface area (Å²) in [5, 5.41) is 55.0. The van der Waals surface area contributed by atoms with Crippen molar-refractivity contribution in [2.75, 3.05) is 51.1 Å². The molecule has 0 radical (unpaired) electrons. The van der Waals surface area contributed by atoms with E-state index >= 15 is 0 Å². The van der Waals surface area contributed by atoms with Gasteiger partial charge in [-0.1, -0.05) is 64.9 Å². The quantitative estimate of drug-likeness (QED) is 0.112. The molecule has 5 N–H and O–H groups in total. The van der Waals surface area contributed by atoms with E-state index in [-0.39, 0.29) is 67.7 Å². The molecule has 19 nitrogen and oxygen atoms in total. The number of phenols is 2. The van der Waals surface area contributed by atoms with Gasteiger partial charge >= 0.3 is 11.8 Å². The zero-order valence-electron chi connectivity index (χ0n) is 45.2. The number of aromatic nitrogens is 1. The number of aromatic hydroxyl groups is 2. The Hall–Kier alpha value is -6.15. The number of nitrogens with one attached hydrogen (secondary N) is 1. The third-order valence-electron chi connectivity index (χ3n) is 16.0. The average Bonchev–Trinajstić information content (AvgIpc) is 4.00. The third-order valence-corrected chi connectivity index (χ3v) is 16.0. The topological polar surface area (TPSA) is 249 Å². The average molecular weight is 1040 g/mol. The van der Waals surface area contributed by atoms with Crippen molar-refractivity contribution in [2.45, 2.75) is 138 Å². The van der Waals surface area contributed by atoms with Gasteiger partial charge in [0, 0.05) is 112 Å². The molecule has 2 saturated heterocycles. The number of fused-ring (bicyclic) bond motifs is 13. The summed E-state index contributed by atoms with van der Waals surface area (Å²) in [6, 6.07) is 0. The number of carbonyl (C=O) groups is 4. The summed E-state index contributed by atoms with van der Waals surface area (Å²) in [4.78, 5) is 72.8. The van der Waals surface area contributed by atoms with Gasteiger partial charge in [-0.2, -0.15) is 0 Å². The van der Waals surface area contributed by atoms with Crippen LogP contribution in [0.5, 0.6) is 17.2 Å². The van der Waals surface area contributed by atoms with Gasteiger partial charge in [0.15, 0.2) is 11.4 Å². The maximum absolute atomic E-state index is 14.9. The standard InChI is InChI=1S/C56H75N7O12/c1-29(2)27-61-19-17-56(18-20-61)58-44-41-42-49(68)35(8)52-43(41)53(70)55(11,74-52)72-25-13-16-31(4)51(73-40(65)26-39(64)63-23-21-62(22-24-63)28-38-36(9)60-75-37(38)10)34(7)48(67)33(6)47(66)30(3)14-12-15-32(5)54(71)57-46(50(42)69)45(44)59-56/h12-15,25,29-31,33-34,47-48,51,66-69H,16-24,26-28H2,1-11H3,(H,57,71)/b14-12+,25-13+,32-15-/t30-,31+,33+,34+,47-,48+,51+,55-/m0/s1. The lowest BCUT2D eigenvalue weighted by Gasteiger charge is -2.37. The molecule has 7 heterocycles.